The van der Waals surface area contributed by atoms with Crippen LogP contribution in [0.4, 0.5) is 11.4 Å². The summed E-state index contributed by atoms with van der Waals surface area (Å²) in [7, 11) is 0.441. The molecule has 7 rings (SSSR count). The number of fused-ring (bicyclic) bond motifs is 2. The van der Waals surface area contributed by atoms with E-state index in [9.17, 15) is 13.2 Å². The van der Waals surface area contributed by atoms with Gasteiger partial charge >= 0.3 is 0 Å². The molecule has 4 aromatic rings. The van der Waals surface area contributed by atoms with Crippen molar-refractivity contribution in [1.82, 2.24) is 29.2 Å². The SMILES string of the molecule is Cn1cc2cc(NC(=O)c3ccc(N4CCC(NC5CC5)CC4)c4cn(C)nc34)cc(CN3CCCS3(=O)=O)c2n1. The van der Waals surface area contributed by atoms with Crippen LogP contribution >= 0.6 is 0 Å². The third kappa shape index (κ3) is 5.20. The summed E-state index contributed by atoms with van der Waals surface area (Å²) in [5, 5.41) is 17.9. The molecule has 2 aromatic heterocycles. The Morgan fingerprint density at radius 3 is 2.41 bits per heavy atom. The van der Waals surface area contributed by atoms with Gasteiger partial charge in [0, 0.05) is 86.9 Å². The minimum Gasteiger partial charge on any atom is -0.371 e. The summed E-state index contributed by atoms with van der Waals surface area (Å²) in [4.78, 5) is 16.1. The van der Waals surface area contributed by atoms with Gasteiger partial charge in [0.1, 0.15) is 5.52 Å². The number of anilines is 2. The number of carbonyl (C=O) groups is 1. The number of aromatic nitrogens is 4. The number of sulfonamides is 1. The summed E-state index contributed by atoms with van der Waals surface area (Å²) in [6.45, 7) is 2.67. The van der Waals surface area contributed by atoms with E-state index >= 15 is 0 Å². The standard InChI is InChI=1S/C29H36N8O3S/c1-34-16-19-14-23(15-20(27(19)32-34)17-37-10-3-13-41(37,39)40)31-29(38)24-6-7-26(25-18-35(2)33-28(24)25)36-11-8-22(9-12-36)30-21-4-5-21/h6-7,14-16,18,21-22,30H,3-5,8-13,17H2,1-2H3,(H,31,38). The van der Waals surface area contributed by atoms with E-state index in [1.807, 2.05) is 50.8 Å². The van der Waals surface area contributed by atoms with Crippen LogP contribution in [0.1, 0.15) is 48.0 Å². The highest BCUT2D eigenvalue weighted by Gasteiger charge is 2.30. The molecule has 0 radical (unpaired) electrons. The van der Waals surface area contributed by atoms with Crippen molar-refractivity contribution in [2.24, 2.45) is 14.1 Å². The Morgan fingerprint density at radius 2 is 1.68 bits per heavy atom. The van der Waals surface area contributed by atoms with E-state index < -0.39 is 10.0 Å². The van der Waals surface area contributed by atoms with Gasteiger partial charge in [-0.2, -0.15) is 14.5 Å². The molecule has 41 heavy (non-hydrogen) atoms. The first-order chi connectivity index (χ1) is 19.7. The normalized spacial score (nSPS) is 19.9. The second kappa shape index (κ2) is 10.1. The lowest BCUT2D eigenvalue weighted by atomic mass is 10.0. The second-order valence-electron chi connectivity index (χ2n) is 11.7. The van der Waals surface area contributed by atoms with Crippen LogP contribution < -0.4 is 15.5 Å². The molecule has 11 nitrogen and oxygen atoms in total. The lowest BCUT2D eigenvalue weighted by Crippen LogP contribution is -2.43. The van der Waals surface area contributed by atoms with Gasteiger partial charge in [0.2, 0.25) is 10.0 Å². The van der Waals surface area contributed by atoms with Crippen LogP contribution in [0, 0.1) is 0 Å². The largest absolute Gasteiger partial charge is 0.371 e. The molecule has 0 bridgehead atoms. The van der Waals surface area contributed by atoms with Crippen LogP contribution in [0.5, 0.6) is 0 Å². The fourth-order valence-corrected chi connectivity index (χ4v) is 7.81. The molecular weight excluding hydrogens is 540 g/mol. The number of rotatable bonds is 7. The highest BCUT2D eigenvalue weighted by molar-refractivity contribution is 7.89. The number of hydrogen-bond acceptors (Lipinski definition) is 7. The van der Waals surface area contributed by atoms with Gasteiger partial charge in [-0.05, 0) is 61.9 Å². The third-order valence-electron chi connectivity index (χ3n) is 8.51. The van der Waals surface area contributed by atoms with Crippen molar-refractivity contribution >= 4 is 49.1 Å². The molecule has 1 aliphatic carbocycles. The zero-order valence-electron chi connectivity index (χ0n) is 23.5. The molecule has 0 unspecified atom stereocenters. The number of nitrogens with one attached hydrogen (secondary N) is 2. The Labute approximate surface area is 239 Å². The Morgan fingerprint density at radius 1 is 0.951 bits per heavy atom. The molecule has 3 fully saturated rings. The van der Waals surface area contributed by atoms with Gasteiger partial charge in [-0.3, -0.25) is 14.2 Å². The van der Waals surface area contributed by atoms with Gasteiger partial charge in [-0.25, -0.2) is 8.42 Å². The van der Waals surface area contributed by atoms with Crippen LogP contribution in [0.2, 0.25) is 0 Å². The summed E-state index contributed by atoms with van der Waals surface area (Å²) < 4.78 is 30.0. The summed E-state index contributed by atoms with van der Waals surface area (Å²) in [5.41, 5.74) is 4.39. The Kier molecular flexibility index (Phi) is 6.51. The van der Waals surface area contributed by atoms with Crippen molar-refractivity contribution in [2.75, 3.05) is 35.6 Å². The predicted molar refractivity (Wildman–Crippen MR) is 160 cm³/mol. The minimum absolute atomic E-state index is 0.167. The van der Waals surface area contributed by atoms with Crippen molar-refractivity contribution in [3.8, 4) is 0 Å². The fourth-order valence-electron chi connectivity index (χ4n) is 6.31. The van der Waals surface area contributed by atoms with E-state index in [2.05, 4.69) is 25.7 Å². The molecule has 2 N–H and O–H groups in total. The molecule has 2 saturated heterocycles. The Balaban J connectivity index is 1.15. The Hall–Kier alpha value is -3.48. The lowest BCUT2D eigenvalue weighted by Gasteiger charge is -2.34. The molecular formula is C29H36N8O3S. The molecule has 1 saturated carbocycles. The quantitative estimate of drug-likeness (QED) is 0.347. The topological polar surface area (TPSA) is 117 Å². The van der Waals surface area contributed by atoms with Crippen molar-refractivity contribution in [2.45, 2.75) is 50.7 Å². The molecule has 216 valence electrons. The molecule has 0 atom stereocenters. The van der Waals surface area contributed by atoms with Crippen LogP contribution in [-0.2, 0) is 30.7 Å². The van der Waals surface area contributed by atoms with Gasteiger partial charge in [-0.1, -0.05) is 0 Å². The van der Waals surface area contributed by atoms with Gasteiger partial charge in [0.25, 0.3) is 5.91 Å². The molecule has 2 aliphatic heterocycles. The molecule has 2 aromatic carbocycles. The van der Waals surface area contributed by atoms with E-state index in [0.29, 0.717) is 35.8 Å². The number of benzene rings is 2. The number of piperidine rings is 1. The minimum atomic E-state index is -3.27. The lowest BCUT2D eigenvalue weighted by molar-refractivity contribution is 0.102. The summed E-state index contributed by atoms with van der Waals surface area (Å²) >= 11 is 0. The maximum Gasteiger partial charge on any atom is 0.257 e. The molecule has 0 spiro atoms. The summed E-state index contributed by atoms with van der Waals surface area (Å²) in [6.07, 6.45) is 9.32. The van der Waals surface area contributed by atoms with Gasteiger partial charge in [-0.15, -0.1) is 0 Å². The van der Waals surface area contributed by atoms with Crippen molar-refractivity contribution in [1.29, 1.82) is 0 Å². The van der Waals surface area contributed by atoms with Crippen molar-refractivity contribution in [3.05, 3.63) is 47.8 Å². The van der Waals surface area contributed by atoms with E-state index in [0.717, 1.165) is 59.5 Å². The third-order valence-corrected chi connectivity index (χ3v) is 10.4. The monoisotopic (exact) mass is 576 g/mol. The maximum absolute atomic E-state index is 13.7. The molecule has 1 amide bonds. The van der Waals surface area contributed by atoms with Gasteiger partial charge in [0.15, 0.2) is 0 Å². The molecule has 12 heteroatoms. The number of carbonyl (C=O) groups excluding carboxylic acids is 1. The van der Waals surface area contributed by atoms with Crippen LogP contribution in [0.25, 0.3) is 21.8 Å². The average Bonchev–Trinajstić information content (AvgIpc) is 3.37. The fraction of sp³-hybridized carbons (Fsp3) is 0.483. The van der Waals surface area contributed by atoms with Crippen molar-refractivity contribution in [3.63, 3.8) is 0 Å². The van der Waals surface area contributed by atoms with Crippen molar-refractivity contribution < 1.29 is 13.2 Å². The van der Waals surface area contributed by atoms with Crippen LogP contribution in [0.3, 0.4) is 0 Å². The first-order valence-corrected chi connectivity index (χ1v) is 16.1. The van der Waals surface area contributed by atoms with E-state index in [1.165, 1.54) is 17.1 Å². The first kappa shape index (κ1) is 26.4. The first-order valence-electron chi connectivity index (χ1n) is 14.5. The van der Waals surface area contributed by atoms with Crippen LogP contribution in [0.15, 0.2) is 36.7 Å². The number of amides is 1. The summed E-state index contributed by atoms with van der Waals surface area (Å²) in [6, 6.07) is 8.94. The predicted octanol–water partition coefficient (Wildman–Crippen LogP) is 2.97. The average molecular weight is 577 g/mol. The molecule has 4 heterocycles. The highest BCUT2D eigenvalue weighted by atomic mass is 32.2. The zero-order valence-corrected chi connectivity index (χ0v) is 24.3. The maximum atomic E-state index is 13.7. The van der Waals surface area contributed by atoms with E-state index in [1.54, 1.807) is 9.36 Å². The zero-order chi connectivity index (χ0) is 28.3. The van der Waals surface area contributed by atoms with E-state index in [-0.39, 0.29) is 18.2 Å². The smallest absolute Gasteiger partial charge is 0.257 e. The summed E-state index contributed by atoms with van der Waals surface area (Å²) in [5.74, 6) is -0.0872. The number of aryl methyl sites for hydroxylation is 2. The highest BCUT2D eigenvalue weighted by Crippen LogP contribution is 2.33. The molecule has 3 aliphatic rings. The van der Waals surface area contributed by atoms with Crippen LogP contribution in [-0.4, -0.2) is 75.7 Å². The van der Waals surface area contributed by atoms with Gasteiger partial charge in [0.05, 0.1) is 16.8 Å². The number of nitrogens with zero attached hydrogens (tertiary/aromatic N) is 6. The van der Waals surface area contributed by atoms with E-state index in [4.69, 9.17) is 0 Å². The second-order valence-corrected chi connectivity index (χ2v) is 13.8. The van der Waals surface area contributed by atoms with Gasteiger partial charge < -0.3 is 15.5 Å². The number of hydrogen-bond donors (Lipinski definition) is 2. The Bertz CT molecular complexity index is 1750.